The van der Waals surface area contributed by atoms with Crippen molar-refractivity contribution < 1.29 is 115 Å². The molecule has 1 aliphatic rings. The van der Waals surface area contributed by atoms with Crippen molar-refractivity contribution in [1.82, 2.24) is 9.55 Å². The van der Waals surface area contributed by atoms with Crippen LogP contribution in [-0.2, 0) is 51.2 Å². The summed E-state index contributed by atoms with van der Waals surface area (Å²) in [7, 11) is 2.08. The molecule has 9 nitrogen and oxygen atoms in total. The number of imidazole rings is 1. The van der Waals surface area contributed by atoms with Crippen molar-refractivity contribution in [3.05, 3.63) is 54.1 Å². The molecule has 0 spiro atoms. The van der Waals surface area contributed by atoms with Gasteiger partial charge in [-0.2, -0.15) is 0 Å². The predicted molar refractivity (Wildman–Crippen MR) is 130 cm³/mol. The van der Waals surface area contributed by atoms with E-state index in [1.807, 2.05) is 13.0 Å². The van der Waals surface area contributed by atoms with E-state index in [4.69, 9.17) is 15.2 Å². The molecule has 1 N–H and O–H groups in total. The number of benzene rings is 2. The average molecular weight is 720 g/mol. The summed E-state index contributed by atoms with van der Waals surface area (Å²) in [6, 6.07) is 13.9. The average Bonchev–Trinajstić information content (AvgIpc) is 3.23. The SMILES string of the molecule is CC(=O)C=C(C)O.CC(=O)CC(C)=O.Cc1nc2c(n1C)-c1cccc3cc[c-]c-2c13.O=CO[O-].[H-].[Ir].[Na+].[Na+]. The Morgan fingerprint density at radius 1 is 1.13 bits per heavy atom. The smallest absolute Gasteiger partial charge is 1.00 e. The van der Waals surface area contributed by atoms with Crippen molar-refractivity contribution in [2.45, 2.75) is 41.0 Å². The molecule has 0 fully saturated rings. The maximum atomic E-state index is 10.0. The van der Waals surface area contributed by atoms with Crippen molar-refractivity contribution in [2.24, 2.45) is 7.05 Å². The van der Waals surface area contributed by atoms with Crippen molar-refractivity contribution in [3.63, 3.8) is 0 Å². The number of rotatable bonds is 4. The fourth-order valence-corrected chi connectivity index (χ4v) is 3.40. The Labute approximate surface area is 281 Å². The number of aliphatic hydroxyl groups is 1. The third-order valence-electron chi connectivity index (χ3n) is 4.60. The molecule has 1 aromatic heterocycles. The number of aromatic nitrogens is 2. The third kappa shape index (κ3) is 12.6. The molecule has 197 valence electrons. The summed E-state index contributed by atoms with van der Waals surface area (Å²) in [6.07, 6.45) is 1.25. The Balaban J connectivity index is -0.000000240. The Hall–Kier alpha value is -1.46. The number of hydrogen-bond donors (Lipinski definition) is 1. The molecule has 0 saturated heterocycles. The third-order valence-corrected chi connectivity index (χ3v) is 4.60. The summed E-state index contributed by atoms with van der Waals surface area (Å²) in [5.74, 6) is 0.863. The van der Waals surface area contributed by atoms with Gasteiger partial charge in [-0.15, -0.1) is 29.1 Å². The van der Waals surface area contributed by atoms with Crippen LogP contribution < -0.4 is 64.4 Å². The second-order valence-corrected chi connectivity index (χ2v) is 7.71. The van der Waals surface area contributed by atoms with Gasteiger partial charge in [0.05, 0.1) is 18.0 Å². The molecule has 0 aliphatic heterocycles. The first-order chi connectivity index (χ1) is 16.4. The van der Waals surface area contributed by atoms with E-state index in [0.29, 0.717) is 0 Å². The molecule has 12 heteroatoms. The predicted octanol–water partition coefficient (Wildman–Crippen LogP) is -2.53. The molecule has 0 bridgehead atoms. The molecule has 0 atom stereocenters. The van der Waals surface area contributed by atoms with Crippen LogP contribution in [0.4, 0.5) is 0 Å². The van der Waals surface area contributed by atoms with Gasteiger partial charge in [0, 0.05) is 44.6 Å². The van der Waals surface area contributed by atoms with Gasteiger partial charge in [-0.05, 0) is 40.2 Å². The van der Waals surface area contributed by atoms with E-state index >= 15 is 0 Å². The summed E-state index contributed by atoms with van der Waals surface area (Å²) in [5.41, 5.74) is 4.74. The van der Waals surface area contributed by atoms with Gasteiger partial charge < -0.3 is 21.2 Å². The first-order valence-electron chi connectivity index (χ1n) is 10.5. The number of carbonyl (C=O) groups is 4. The van der Waals surface area contributed by atoms with Crippen LogP contribution >= 0.6 is 0 Å². The van der Waals surface area contributed by atoms with Crippen molar-refractivity contribution in [3.8, 4) is 22.5 Å². The summed E-state index contributed by atoms with van der Waals surface area (Å²) < 4.78 is 2.16. The Morgan fingerprint density at radius 3 is 2.08 bits per heavy atom. The fraction of sp³-hybridized carbons (Fsp3) is 0.269. The van der Waals surface area contributed by atoms with Gasteiger partial charge in [-0.3, -0.25) is 24.2 Å². The van der Waals surface area contributed by atoms with Gasteiger partial charge >= 0.3 is 59.1 Å². The van der Waals surface area contributed by atoms with Gasteiger partial charge in [0.1, 0.15) is 11.6 Å². The van der Waals surface area contributed by atoms with E-state index in [-0.39, 0.29) is 117 Å². The first-order valence-corrected chi connectivity index (χ1v) is 10.5. The number of Topliss-reactive ketones (excluding diaryl/α,β-unsaturated/α-hetero) is 2. The maximum Gasteiger partial charge on any atom is 1.00 e. The molecule has 2 aromatic carbocycles. The number of nitrogens with zero attached hydrogens (tertiary/aromatic N) is 2. The van der Waals surface area contributed by atoms with Gasteiger partial charge in [0.25, 0.3) is 6.47 Å². The van der Waals surface area contributed by atoms with E-state index in [1.165, 1.54) is 55.8 Å². The number of carbonyl (C=O) groups excluding carboxylic acids is 4. The topological polar surface area (TPSA) is 139 Å². The first kappa shape index (κ1) is 41.0. The summed E-state index contributed by atoms with van der Waals surface area (Å²) >= 11 is 0. The Morgan fingerprint density at radius 2 is 1.68 bits per heavy atom. The zero-order chi connectivity index (χ0) is 26.7. The van der Waals surface area contributed by atoms with Crippen LogP contribution in [0.1, 0.15) is 41.4 Å². The normalized spacial score (nSPS) is 9.61. The molecule has 3 aromatic rings. The molecule has 1 aliphatic carbocycles. The van der Waals surface area contributed by atoms with Crippen LogP contribution in [0.3, 0.4) is 0 Å². The van der Waals surface area contributed by atoms with E-state index in [2.05, 4.69) is 51.8 Å². The minimum Gasteiger partial charge on any atom is -1.00 e. The summed E-state index contributed by atoms with van der Waals surface area (Å²) in [5, 5.41) is 19.4. The quantitative estimate of drug-likeness (QED) is 0.0357. The van der Waals surface area contributed by atoms with E-state index < -0.39 is 0 Å². The molecule has 0 amide bonds. The molecular formula is C26H29IrN2Na2O7-. The van der Waals surface area contributed by atoms with Crippen LogP contribution in [0, 0.1) is 13.0 Å². The largest absolute Gasteiger partial charge is 1.00 e. The molecule has 0 unspecified atom stereocenters. The number of aliphatic hydroxyl groups excluding tert-OH is 1. The minimum atomic E-state index is -0.181. The zero-order valence-corrected chi connectivity index (χ0v) is 29.3. The maximum absolute atomic E-state index is 10.0. The van der Waals surface area contributed by atoms with Gasteiger partial charge in [-0.1, -0.05) is 23.6 Å². The number of hydrogen-bond acceptors (Lipinski definition) is 8. The minimum absolute atomic E-state index is 0. The monoisotopic (exact) mass is 720 g/mol. The number of aryl methyl sites for hydroxylation is 1. The van der Waals surface area contributed by atoms with Gasteiger partial charge in [0.15, 0.2) is 5.78 Å². The van der Waals surface area contributed by atoms with Crippen LogP contribution in [-0.4, -0.2) is 38.5 Å². The Bertz CT molecular complexity index is 1260. The van der Waals surface area contributed by atoms with Crippen molar-refractivity contribution >= 4 is 34.6 Å². The van der Waals surface area contributed by atoms with Crippen molar-refractivity contribution in [2.75, 3.05) is 0 Å². The number of fused-ring (bicyclic) bond motifs is 3. The molecular weight excluding hydrogens is 690 g/mol. The van der Waals surface area contributed by atoms with E-state index in [9.17, 15) is 14.4 Å². The standard InChI is InChI=1S/C15H11N2.2C5H8O2.CH2O3.Ir.2Na.H/c1-9-16-14-11-7-3-5-10-6-4-8-12(13(10)11)15(14)17(9)2;2*1-4(6)3-5(2)7;2-1-4-3;;;;/h3-6,8H,1-2H3;3H2,1-2H3;3,6H,1-2H3;1,3H;;;;/q-1;;;;;2*+1;-1/p-1. The summed E-state index contributed by atoms with van der Waals surface area (Å²) in [6.45, 7) is 7.52. The van der Waals surface area contributed by atoms with E-state index in [0.717, 1.165) is 17.1 Å². The number of ketones is 3. The molecule has 1 heterocycles. The molecule has 0 saturated carbocycles. The fourth-order valence-electron chi connectivity index (χ4n) is 3.40. The van der Waals surface area contributed by atoms with Crippen LogP contribution in [0.15, 0.2) is 42.2 Å². The van der Waals surface area contributed by atoms with Crippen LogP contribution in [0.25, 0.3) is 33.3 Å². The second-order valence-electron chi connectivity index (χ2n) is 7.71. The van der Waals surface area contributed by atoms with Gasteiger partial charge in [0.2, 0.25) is 0 Å². The number of allylic oxidation sites excluding steroid dienone is 2. The van der Waals surface area contributed by atoms with Crippen LogP contribution in [0.5, 0.6) is 0 Å². The summed E-state index contributed by atoms with van der Waals surface area (Å²) in [4.78, 5) is 46.0. The van der Waals surface area contributed by atoms with Gasteiger partial charge in [-0.25, -0.2) is 0 Å². The Kier molecular flexibility index (Phi) is 22.1. The van der Waals surface area contributed by atoms with Crippen LogP contribution in [0.2, 0.25) is 0 Å². The molecule has 4 rings (SSSR count). The molecule has 38 heavy (non-hydrogen) atoms. The zero-order valence-electron chi connectivity index (χ0n) is 23.9. The van der Waals surface area contributed by atoms with E-state index in [1.54, 1.807) is 0 Å². The van der Waals surface area contributed by atoms with Crippen molar-refractivity contribution in [1.29, 1.82) is 0 Å². The molecule has 1 radical (unpaired) electrons. The second kappa shape index (κ2) is 20.4.